The van der Waals surface area contributed by atoms with E-state index in [-0.39, 0.29) is 22.3 Å². The molecular weight excluding hydrogens is 320 g/mol. The quantitative estimate of drug-likeness (QED) is 0.600. The van der Waals surface area contributed by atoms with Gasteiger partial charge in [0.15, 0.2) is 21.9 Å². The summed E-state index contributed by atoms with van der Waals surface area (Å²) in [6.45, 7) is 0.767. The SMILES string of the molecule is COCCCOc1c(S(C)(=O)=O)ccc(C2OC2O)c1Cl. The molecule has 0 aliphatic carbocycles. The van der Waals surface area contributed by atoms with Crippen LogP contribution in [0.3, 0.4) is 0 Å². The first-order valence-corrected chi connectivity index (χ1v) is 8.61. The van der Waals surface area contributed by atoms with Gasteiger partial charge in [0.05, 0.1) is 11.6 Å². The van der Waals surface area contributed by atoms with Crippen LogP contribution in [0, 0.1) is 0 Å². The summed E-state index contributed by atoms with van der Waals surface area (Å²) in [5.41, 5.74) is 0.512. The fourth-order valence-corrected chi connectivity index (χ4v) is 3.10. The number of benzene rings is 1. The highest BCUT2D eigenvalue weighted by atomic mass is 35.5. The van der Waals surface area contributed by atoms with E-state index in [0.717, 1.165) is 6.26 Å². The van der Waals surface area contributed by atoms with E-state index >= 15 is 0 Å². The van der Waals surface area contributed by atoms with Gasteiger partial charge in [0.2, 0.25) is 0 Å². The van der Waals surface area contributed by atoms with E-state index < -0.39 is 22.2 Å². The maximum absolute atomic E-state index is 11.8. The molecule has 1 fully saturated rings. The molecule has 2 unspecified atom stereocenters. The molecule has 21 heavy (non-hydrogen) atoms. The van der Waals surface area contributed by atoms with Gasteiger partial charge in [0, 0.05) is 32.0 Å². The average molecular weight is 337 g/mol. The van der Waals surface area contributed by atoms with Gasteiger partial charge in [0.25, 0.3) is 0 Å². The minimum Gasteiger partial charge on any atom is -0.491 e. The third-order valence-electron chi connectivity index (χ3n) is 3.00. The molecule has 8 heteroatoms. The lowest BCUT2D eigenvalue weighted by Crippen LogP contribution is -2.08. The van der Waals surface area contributed by atoms with Crippen LogP contribution in [0.25, 0.3) is 0 Å². The van der Waals surface area contributed by atoms with Crippen LogP contribution < -0.4 is 4.74 Å². The molecule has 1 N–H and O–H groups in total. The Morgan fingerprint density at radius 2 is 2.05 bits per heavy atom. The highest BCUT2D eigenvalue weighted by Gasteiger charge is 2.41. The van der Waals surface area contributed by atoms with E-state index in [0.29, 0.717) is 18.6 Å². The number of hydrogen-bond acceptors (Lipinski definition) is 6. The normalized spacial score (nSPS) is 21.3. The van der Waals surface area contributed by atoms with Crippen LogP contribution in [0.5, 0.6) is 5.75 Å². The number of aliphatic hydroxyl groups is 1. The summed E-state index contributed by atoms with van der Waals surface area (Å²) >= 11 is 6.22. The van der Waals surface area contributed by atoms with Crippen molar-refractivity contribution in [2.45, 2.75) is 23.7 Å². The molecule has 0 radical (unpaired) electrons. The second-order valence-electron chi connectivity index (χ2n) is 4.71. The zero-order valence-electron chi connectivity index (χ0n) is 11.7. The van der Waals surface area contributed by atoms with E-state index in [9.17, 15) is 13.5 Å². The Morgan fingerprint density at radius 1 is 1.38 bits per heavy atom. The Kier molecular flexibility index (Phi) is 5.11. The van der Waals surface area contributed by atoms with Gasteiger partial charge in [-0.2, -0.15) is 0 Å². The fourth-order valence-electron chi connectivity index (χ4n) is 1.91. The third kappa shape index (κ3) is 3.87. The van der Waals surface area contributed by atoms with Gasteiger partial charge < -0.3 is 19.3 Å². The van der Waals surface area contributed by atoms with Crippen LogP contribution in [0.2, 0.25) is 5.02 Å². The van der Waals surface area contributed by atoms with E-state index in [1.165, 1.54) is 12.1 Å². The Morgan fingerprint density at radius 3 is 2.57 bits per heavy atom. The number of hydrogen-bond donors (Lipinski definition) is 1. The predicted molar refractivity (Wildman–Crippen MR) is 76.4 cm³/mol. The van der Waals surface area contributed by atoms with Crippen molar-refractivity contribution in [2.24, 2.45) is 0 Å². The number of aliphatic hydroxyl groups excluding tert-OH is 1. The van der Waals surface area contributed by atoms with Crippen molar-refractivity contribution in [3.05, 3.63) is 22.7 Å². The van der Waals surface area contributed by atoms with Crippen LogP contribution in [0.15, 0.2) is 17.0 Å². The monoisotopic (exact) mass is 336 g/mol. The van der Waals surface area contributed by atoms with Gasteiger partial charge >= 0.3 is 0 Å². The van der Waals surface area contributed by atoms with Crippen molar-refractivity contribution in [1.29, 1.82) is 0 Å². The third-order valence-corrected chi connectivity index (χ3v) is 4.51. The second-order valence-corrected chi connectivity index (χ2v) is 7.07. The summed E-state index contributed by atoms with van der Waals surface area (Å²) in [7, 11) is -1.91. The van der Waals surface area contributed by atoms with Gasteiger partial charge in [-0.05, 0) is 6.07 Å². The molecule has 1 aliphatic rings. The van der Waals surface area contributed by atoms with Crippen molar-refractivity contribution >= 4 is 21.4 Å². The van der Waals surface area contributed by atoms with Crippen molar-refractivity contribution in [2.75, 3.05) is 26.6 Å². The summed E-state index contributed by atoms with van der Waals surface area (Å²) in [6, 6.07) is 2.94. The number of halogens is 1. The fraction of sp³-hybridized carbons (Fsp3) is 0.538. The average Bonchev–Trinajstić information content (AvgIpc) is 3.11. The number of epoxide rings is 1. The topological polar surface area (TPSA) is 85.4 Å². The Bertz CT molecular complexity index is 615. The molecule has 2 rings (SSSR count). The van der Waals surface area contributed by atoms with Gasteiger partial charge in [-0.15, -0.1) is 0 Å². The number of methoxy groups -OCH3 is 1. The lowest BCUT2D eigenvalue weighted by molar-refractivity contribution is 0.156. The van der Waals surface area contributed by atoms with Crippen LogP contribution in [-0.2, 0) is 19.3 Å². The number of sulfone groups is 1. The Hall–Kier alpha value is -0.860. The van der Waals surface area contributed by atoms with Gasteiger partial charge in [-0.25, -0.2) is 8.42 Å². The van der Waals surface area contributed by atoms with Crippen molar-refractivity contribution < 1.29 is 27.7 Å². The Labute approximate surface area is 128 Å². The van der Waals surface area contributed by atoms with Crippen LogP contribution in [0.1, 0.15) is 18.1 Å². The molecule has 1 aliphatic heterocycles. The van der Waals surface area contributed by atoms with Crippen LogP contribution >= 0.6 is 11.6 Å². The molecule has 1 aromatic carbocycles. The number of ether oxygens (including phenoxy) is 3. The molecule has 2 atom stereocenters. The van der Waals surface area contributed by atoms with E-state index in [1.807, 2.05) is 0 Å². The zero-order valence-corrected chi connectivity index (χ0v) is 13.3. The van der Waals surface area contributed by atoms with Crippen LogP contribution in [-0.4, -0.2) is 46.4 Å². The van der Waals surface area contributed by atoms with E-state index in [1.54, 1.807) is 7.11 Å². The molecular formula is C13H17ClO6S. The first-order chi connectivity index (χ1) is 9.86. The predicted octanol–water partition coefficient (Wildman–Crippen LogP) is 1.55. The summed E-state index contributed by atoms with van der Waals surface area (Å²) in [5.74, 6) is 0.0930. The lowest BCUT2D eigenvalue weighted by atomic mass is 10.1. The molecule has 0 spiro atoms. The first-order valence-electron chi connectivity index (χ1n) is 6.34. The van der Waals surface area contributed by atoms with E-state index in [4.69, 9.17) is 25.8 Å². The molecule has 0 saturated carbocycles. The molecule has 0 bridgehead atoms. The maximum atomic E-state index is 11.8. The minimum atomic E-state index is -3.48. The molecule has 0 aromatic heterocycles. The van der Waals surface area contributed by atoms with Gasteiger partial charge in [-0.1, -0.05) is 17.7 Å². The molecule has 1 saturated heterocycles. The van der Waals surface area contributed by atoms with Crippen molar-refractivity contribution in [3.8, 4) is 5.75 Å². The van der Waals surface area contributed by atoms with Gasteiger partial charge in [-0.3, -0.25) is 0 Å². The Balaban J connectivity index is 2.31. The highest BCUT2D eigenvalue weighted by Crippen LogP contribution is 2.45. The molecule has 1 aromatic rings. The largest absolute Gasteiger partial charge is 0.491 e. The maximum Gasteiger partial charge on any atom is 0.186 e. The summed E-state index contributed by atoms with van der Waals surface area (Å²) in [4.78, 5) is 0.0174. The summed E-state index contributed by atoms with van der Waals surface area (Å²) in [5, 5.41) is 9.46. The summed E-state index contributed by atoms with van der Waals surface area (Å²) in [6.07, 6.45) is 0.242. The smallest absolute Gasteiger partial charge is 0.186 e. The molecule has 118 valence electrons. The van der Waals surface area contributed by atoms with Gasteiger partial charge in [0.1, 0.15) is 11.0 Å². The lowest BCUT2D eigenvalue weighted by Gasteiger charge is -2.14. The highest BCUT2D eigenvalue weighted by molar-refractivity contribution is 7.90. The van der Waals surface area contributed by atoms with Crippen molar-refractivity contribution in [3.63, 3.8) is 0 Å². The van der Waals surface area contributed by atoms with Crippen LogP contribution in [0.4, 0.5) is 0 Å². The second kappa shape index (κ2) is 6.50. The summed E-state index contributed by atoms with van der Waals surface area (Å²) < 4.78 is 39.0. The first kappa shape index (κ1) is 16.5. The number of rotatable bonds is 7. The molecule has 0 amide bonds. The molecule has 6 nitrogen and oxygen atoms in total. The van der Waals surface area contributed by atoms with Crippen molar-refractivity contribution in [1.82, 2.24) is 0 Å². The standard InChI is InChI=1S/C13H17ClO6S/c1-18-6-3-7-19-12-9(21(2,16)17)5-4-8(10(12)14)11-13(15)20-11/h4-5,11,13,15H,3,6-7H2,1-2H3. The van der Waals surface area contributed by atoms with E-state index in [2.05, 4.69) is 0 Å². The zero-order chi connectivity index (χ0) is 15.6. The molecule has 1 heterocycles. The minimum absolute atomic E-state index is 0.0174.